The van der Waals surface area contributed by atoms with Crippen LogP contribution < -0.4 is 10.6 Å². The summed E-state index contributed by atoms with van der Waals surface area (Å²) >= 11 is 0. The fourth-order valence-corrected chi connectivity index (χ4v) is 2.84. The molecule has 0 aliphatic carbocycles. The second-order valence-corrected chi connectivity index (χ2v) is 6.46. The minimum absolute atomic E-state index is 0.151. The number of anilines is 1. The molecule has 1 fully saturated rings. The molecule has 2 N–H and O–H groups in total. The third kappa shape index (κ3) is 5.06. The number of carbonyl (C=O) groups is 4. The van der Waals surface area contributed by atoms with Gasteiger partial charge in [-0.2, -0.15) is 0 Å². The van der Waals surface area contributed by atoms with Gasteiger partial charge < -0.3 is 15.1 Å². The van der Waals surface area contributed by atoms with Gasteiger partial charge in [0.15, 0.2) is 5.76 Å². The van der Waals surface area contributed by atoms with Crippen LogP contribution in [0.1, 0.15) is 41.8 Å². The summed E-state index contributed by atoms with van der Waals surface area (Å²) in [4.78, 5) is 48.2. The molecule has 1 aliphatic heterocycles. The average molecular weight is 383 g/mol. The van der Waals surface area contributed by atoms with Crippen molar-refractivity contribution in [2.24, 2.45) is 0 Å². The summed E-state index contributed by atoms with van der Waals surface area (Å²) in [5.41, 5.74) is 1.45. The first-order valence-corrected chi connectivity index (χ1v) is 9.06. The van der Waals surface area contributed by atoms with E-state index >= 15 is 0 Å². The van der Waals surface area contributed by atoms with Gasteiger partial charge in [0.25, 0.3) is 5.91 Å². The van der Waals surface area contributed by atoms with Gasteiger partial charge in [0.1, 0.15) is 0 Å². The summed E-state index contributed by atoms with van der Waals surface area (Å²) in [6, 6.07) is 10.2. The van der Waals surface area contributed by atoms with Crippen LogP contribution in [0.15, 0.2) is 47.1 Å². The minimum atomic E-state index is -0.309. The molecule has 3 rings (SSSR count). The van der Waals surface area contributed by atoms with E-state index in [0.717, 1.165) is 5.56 Å². The van der Waals surface area contributed by atoms with Gasteiger partial charge in [0.05, 0.1) is 12.8 Å². The average Bonchev–Trinajstić information content (AvgIpc) is 3.33. The van der Waals surface area contributed by atoms with Crippen molar-refractivity contribution < 1.29 is 23.6 Å². The van der Waals surface area contributed by atoms with Crippen molar-refractivity contribution in [2.45, 2.75) is 32.2 Å². The van der Waals surface area contributed by atoms with E-state index < -0.39 is 0 Å². The monoisotopic (exact) mass is 383 g/mol. The summed E-state index contributed by atoms with van der Waals surface area (Å²) in [7, 11) is 0. The van der Waals surface area contributed by atoms with Gasteiger partial charge in [-0.1, -0.05) is 12.1 Å². The molecule has 1 aromatic heterocycles. The molecule has 2 heterocycles. The number of furan rings is 1. The number of likely N-dealkylation sites (tertiary alicyclic amines) is 1. The highest BCUT2D eigenvalue weighted by Gasteiger charge is 2.28. The van der Waals surface area contributed by atoms with E-state index in [-0.39, 0.29) is 55.2 Å². The maximum Gasteiger partial charge on any atom is 0.286 e. The summed E-state index contributed by atoms with van der Waals surface area (Å²) in [6.07, 6.45) is 2.73. The first-order chi connectivity index (χ1) is 13.5. The van der Waals surface area contributed by atoms with Crippen molar-refractivity contribution in [1.82, 2.24) is 10.2 Å². The molecule has 0 atom stereocenters. The van der Waals surface area contributed by atoms with Crippen molar-refractivity contribution >= 4 is 29.3 Å². The van der Waals surface area contributed by atoms with Gasteiger partial charge in [0.2, 0.25) is 17.7 Å². The Morgan fingerprint density at radius 3 is 2.39 bits per heavy atom. The minimum Gasteiger partial charge on any atom is -0.459 e. The number of hydrogen-bond donors (Lipinski definition) is 2. The first kappa shape index (κ1) is 19.3. The first-order valence-electron chi connectivity index (χ1n) is 9.06. The second-order valence-electron chi connectivity index (χ2n) is 6.46. The number of nitrogens with zero attached hydrogens (tertiary/aromatic N) is 1. The van der Waals surface area contributed by atoms with Gasteiger partial charge in [-0.05, 0) is 36.2 Å². The highest BCUT2D eigenvalue weighted by molar-refractivity contribution is 6.01. The van der Waals surface area contributed by atoms with Crippen LogP contribution in [-0.4, -0.2) is 35.1 Å². The molecule has 0 unspecified atom stereocenters. The van der Waals surface area contributed by atoms with Gasteiger partial charge >= 0.3 is 0 Å². The summed E-state index contributed by atoms with van der Waals surface area (Å²) in [5.74, 6) is -0.536. The molecule has 1 saturated heterocycles. The Labute approximate surface area is 161 Å². The van der Waals surface area contributed by atoms with Crippen LogP contribution >= 0.6 is 0 Å². The maximum atomic E-state index is 12.0. The number of carbonyl (C=O) groups excluding carboxylic acids is 4. The van der Waals surface area contributed by atoms with Crippen LogP contribution in [0.2, 0.25) is 0 Å². The number of amides is 4. The molecule has 0 saturated carbocycles. The van der Waals surface area contributed by atoms with E-state index in [1.807, 2.05) is 0 Å². The predicted octanol–water partition coefficient (Wildman–Crippen LogP) is 2.08. The lowest BCUT2D eigenvalue weighted by molar-refractivity contribution is -0.139. The summed E-state index contributed by atoms with van der Waals surface area (Å²) < 4.78 is 4.98. The zero-order valence-electron chi connectivity index (χ0n) is 15.3. The maximum absolute atomic E-state index is 12.0. The van der Waals surface area contributed by atoms with Crippen LogP contribution in [0.25, 0.3) is 0 Å². The van der Waals surface area contributed by atoms with E-state index in [1.54, 1.807) is 36.4 Å². The third-order valence-electron chi connectivity index (χ3n) is 4.34. The fraction of sp³-hybridized carbons (Fsp3) is 0.300. The third-order valence-corrected chi connectivity index (χ3v) is 4.34. The lowest BCUT2D eigenvalue weighted by Crippen LogP contribution is -2.28. The predicted molar refractivity (Wildman–Crippen MR) is 100 cm³/mol. The lowest BCUT2D eigenvalue weighted by atomic mass is 10.2. The zero-order chi connectivity index (χ0) is 19.9. The van der Waals surface area contributed by atoms with Gasteiger partial charge in [-0.25, -0.2) is 0 Å². The van der Waals surface area contributed by atoms with E-state index in [9.17, 15) is 19.2 Å². The quantitative estimate of drug-likeness (QED) is 0.536. The standard InChI is InChI=1S/C20H21N3O5/c24-17(4-1-11-21-20(27)16-3-2-12-28-16)22-15-7-5-14(6-8-15)13-23-18(25)9-10-19(23)26/h2-3,5-8,12H,1,4,9-11,13H2,(H,21,27)(H,22,24). The Bertz CT molecular complexity index is 842. The van der Waals surface area contributed by atoms with Gasteiger partial charge in [0, 0.05) is 31.5 Å². The van der Waals surface area contributed by atoms with E-state index in [1.165, 1.54) is 11.2 Å². The normalized spacial score (nSPS) is 13.6. The summed E-state index contributed by atoms with van der Waals surface area (Å²) in [6.45, 7) is 0.616. The SMILES string of the molecule is O=C(CCCNC(=O)c1ccco1)Nc1ccc(CN2C(=O)CCC2=O)cc1. The van der Waals surface area contributed by atoms with Crippen LogP contribution in [-0.2, 0) is 20.9 Å². The molecule has 1 aliphatic rings. The Morgan fingerprint density at radius 2 is 1.75 bits per heavy atom. The molecular formula is C20H21N3O5. The topological polar surface area (TPSA) is 109 Å². The number of imide groups is 1. The van der Waals surface area contributed by atoms with Crippen molar-refractivity contribution in [2.75, 3.05) is 11.9 Å². The largest absolute Gasteiger partial charge is 0.459 e. The summed E-state index contributed by atoms with van der Waals surface area (Å²) in [5, 5.41) is 5.46. The molecule has 0 bridgehead atoms. The molecule has 8 heteroatoms. The Balaban J connectivity index is 1.39. The lowest BCUT2D eigenvalue weighted by Gasteiger charge is -2.14. The highest BCUT2D eigenvalue weighted by Crippen LogP contribution is 2.17. The molecule has 146 valence electrons. The number of rotatable bonds is 8. The number of hydrogen-bond acceptors (Lipinski definition) is 5. The van der Waals surface area contributed by atoms with Crippen molar-refractivity contribution in [3.05, 3.63) is 54.0 Å². The molecular weight excluding hydrogens is 362 g/mol. The molecule has 2 aromatic rings. The molecule has 4 amide bonds. The van der Waals surface area contributed by atoms with Crippen molar-refractivity contribution in [3.63, 3.8) is 0 Å². The smallest absolute Gasteiger partial charge is 0.286 e. The Hall–Kier alpha value is -3.42. The van der Waals surface area contributed by atoms with E-state index in [0.29, 0.717) is 18.7 Å². The van der Waals surface area contributed by atoms with Gasteiger partial charge in [-0.15, -0.1) is 0 Å². The van der Waals surface area contributed by atoms with Crippen LogP contribution in [0, 0.1) is 0 Å². The van der Waals surface area contributed by atoms with Crippen LogP contribution in [0.3, 0.4) is 0 Å². The molecule has 0 radical (unpaired) electrons. The van der Waals surface area contributed by atoms with Crippen LogP contribution in [0.5, 0.6) is 0 Å². The van der Waals surface area contributed by atoms with Gasteiger partial charge in [-0.3, -0.25) is 24.1 Å². The number of benzene rings is 1. The molecule has 0 spiro atoms. The molecule has 1 aromatic carbocycles. The number of nitrogens with one attached hydrogen (secondary N) is 2. The van der Waals surface area contributed by atoms with E-state index in [4.69, 9.17) is 4.42 Å². The Kier molecular flexibility index (Phi) is 6.21. The van der Waals surface area contributed by atoms with Crippen molar-refractivity contribution in [3.8, 4) is 0 Å². The fourth-order valence-electron chi connectivity index (χ4n) is 2.84. The van der Waals surface area contributed by atoms with E-state index in [2.05, 4.69) is 10.6 Å². The van der Waals surface area contributed by atoms with Crippen LogP contribution in [0.4, 0.5) is 5.69 Å². The molecule has 28 heavy (non-hydrogen) atoms. The zero-order valence-corrected chi connectivity index (χ0v) is 15.3. The highest BCUT2D eigenvalue weighted by atomic mass is 16.3. The molecule has 8 nitrogen and oxygen atoms in total. The van der Waals surface area contributed by atoms with Crippen molar-refractivity contribution in [1.29, 1.82) is 0 Å². The Morgan fingerprint density at radius 1 is 1.04 bits per heavy atom. The second kappa shape index (κ2) is 8.98.